The Bertz CT molecular complexity index is 569. The van der Waals surface area contributed by atoms with Crippen LogP contribution < -0.4 is 14.2 Å². The summed E-state index contributed by atoms with van der Waals surface area (Å²) in [4.78, 5) is 11.3. The van der Waals surface area contributed by atoms with Crippen molar-refractivity contribution in [2.75, 3.05) is 28.4 Å². The first-order chi connectivity index (χ1) is 10.5. The third-order valence-electron chi connectivity index (χ3n) is 3.33. The number of benzene rings is 1. The summed E-state index contributed by atoms with van der Waals surface area (Å²) in [6, 6.07) is 3.18. The zero-order valence-electron chi connectivity index (χ0n) is 12.8. The van der Waals surface area contributed by atoms with E-state index in [1.165, 1.54) is 34.5 Å². The summed E-state index contributed by atoms with van der Waals surface area (Å²) in [6.45, 7) is 0. The molecular weight excluding hydrogens is 292 g/mol. The molecule has 0 saturated carbocycles. The van der Waals surface area contributed by atoms with Crippen LogP contribution in [-0.2, 0) is 14.3 Å². The zero-order chi connectivity index (χ0) is 16.3. The normalized spacial score (nSPS) is 18.3. The molecule has 2 rings (SSSR count). The smallest absolute Gasteiger partial charge is 0.335 e. The van der Waals surface area contributed by atoms with Gasteiger partial charge in [-0.1, -0.05) is 0 Å². The van der Waals surface area contributed by atoms with Gasteiger partial charge in [0, 0.05) is 0 Å². The molecule has 0 fully saturated rings. The second kappa shape index (κ2) is 6.57. The summed E-state index contributed by atoms with van der Waals surface area (Å²) in [5, 5.41) is 10.5. The molecule has 0 spiro atoms. The van der Waals surface area contributed by atoms with Gasteiger partial charge in [-0.25, -0.2) is 4.79 Å². The van der Waals surface area contributed by atoms with E-state index in [9.17, 15) is 9.90 Å². The monoisotopic (exact) mass is 310 g/mol. The van der Waals surface area contributed by atoms with Crippen LogP contribution in [-0.4, -0.2) is 45.6 Å². The van der Waals surface area contributed by atoms with Gasteiger partial charge in [-0.15, -0.1) is 0 Å². The maximum absolute atomic E-state index is 11.3. The van der Waals surface area contributed by atoms with Crippen LogP contribution in [0.25, 0.3) is 0 Å². The molecule has 7 nitrogen and oxygen atoms in total. The van der Waals surface area contributed by atoms with Crippen molar-refractivity contribution in [3.8, 4) is 17.2 Å². The van der Waals surface area contributed by atoms with E-state index >= 15 is 0 Å². The van der Waals surface area contributed by atoms with Crippen LogP contribution in [0.1, 0.15) is 11.7 Å². The molecule has 0 aromatic heterocycles. The fourth-order valence-electron chi connectivity index (χ4n) is 2.26. The van der Waals surface area contributed by atoms with E-state index < -0.39 is 18.2 Å². The molecular formula is C15H18O7. The lowest BCUT2D eigenvalue weighted by atomic mass is 10.0. The van der Waals surface area contributed by atoms with Crippen LogP contribution in [0.5, 0.6) is 17.2 Å². The highest BCUT2D eigenvalue weighted by Crippen LogP contribution is 2.41. The Balaban J connectivity index is 2.40. The summed E-state index contributed by atoms with van der Waals surface area (Å²) in [6.07, 6.45) is -0.849. The first-order valence-corrected chi connectivity index (χ1v) is 6.49. The van der Waals surface area contributed by atoms with Crippen molar-refractivity contribution in [1.82, 2.24) is 0 Å². The van der Waals surface area contributed by atoms with Crippen molar-refractivity contribution in [3.05, 3.63) is 29.5 Å². The third kappa shape index (κ3) is 2.80. The van der Waals surface area contributed by atoms with Crippen molar-refractivity contribution in [3.63, 3.8) is 0 Å². The minimum absolute atomic E-state index is 0.256. The number of ether oxygens (including phenoxy) is 5. The van der Waals surface area contributed by atoms with E-state index in [0.717, 1.165) is 0 Å². The molecule has 1 aromatic rings. The molecule has 0 radical (unpaired) electrons. The van der Waals surface area contributed by atoms with Crippen LogP contribution >= 0.6 is 0 Å². The van der Waals surface area contributed by atoms with Crippen molar-refractivity contribution in [1.29, 1.82) is 0 Å². The number of hydrogen-bond donors (Lipinski definition) is 1. The topological polar surface area (TPSA) is 83.5 Å². The van der Waals surface area contributed by atoms with Gasteiger partial charge in [-0.2, -0.15) is 0 Å². The SMILES string of the molecule is COC1=CC(=O)O[C@H]1[C@@H](O)c1cc(OC)c(OC)c(OC)c1. The van der Waals surface area contributed by atoms with Gasteiger partial charge in [0.15, 0.2) is 17.6 Å². The van der Waals surface area contributed by atoms with Crippen molar-refractivity contribution in [2.45, 2.75) is 12.2 Å². The first kappa shape index (κ1) is 16.0. The number of aliphatic hydroxyl groups excluding tert-OH is 1. The average Bonchev–Trinajstić information content (AvgIpc) is 2.93. The Morgan fingerprint density at radius 1 is 1.05 bits per heavy atom. The van der Waals surface area contributed by atoms with Gasteiger partial charge in [-0.05, 0) is 17.7 Å². The minimum Gasteiger partial charge on any atom is -0.497 e. The molecule has 1 aliphatic rings. The Hall–Kier alpha value is -2.41. The van der Waals surface area contributed by atoms with Gasteiger partial charge in [0.25, 0.3) is 0 Å². The van der Waals surface area contributed by atoms with Gasteiger partial charge in [0.1, 0.15) is 11.9 Å². The molecule has 0 bridgehead atoms. The molecule has 22 heavy (non-hydrogen) atoms. The lowest BCUT2D eigenvalue weighted by Gasteiger charge is -2.22. The van der Waals surface area contributed by atoms with E-state index in [-0.39, 0.29) is 5.76 Å². The summed E-state index contributed by atoms with van der Waals surface area (Å²) >= 11 is 0. The number of esters is 1. The molecule has 2 atom stereocenters. The molecule has 0 saturated heterocycles. The quantitative estimate of drug-likeness (QED) is 0.790. The molecule has 0 aliphatic carbocycles. The number of rotatable bonds is 6. The second-order valence-electron chi connectivity index (χ2n) is 4.51. The molecule has 0 unspecified atom stereocenters. The fraction of sp³-hybridized carbons (Fsp3) is 0.400. The summed E-state index contributed by atoms with van der Waals surface area (Å²) < 4.78 is 25.8. The minimum atomic E-state index is -1.13. The van der Waals surface area contributed by atoms with E-state index in [0.29, 0.717) is 22.8 Å². The highest BCUT2D eigenvalue weighted by atomic mass is 16.6. The zero-order valence-corrected chi connectivity index (χ0v) is 12.8. The molecule has 0 amide bonds. The number of carbonyl (C=O) groups excluding carboxylic acids is 1. The van der Waals surface area contributed by atoms with Gasteiger partial charge in [0.2, 0.25) is 5.75 Å². The molecule has 7 heteroatoms. The first-order valence-electron chi connectivity index (χ1n) is 6.49. The Morgan fingerprint density at radius 2 is 1.64 bits per heavy atom. The van der Waals surface area contributed by atoms with Crippen molar-refractivity contribution in [2.24, 2.45) is 0 Å². The van der Waals surface area contributed by atoms with Gasteiger partial charge < -0.3 is 28.8 Å². The number of hydrogen-bond acceptors (Lipinski definition) is 7. The maximum Gasteiger partial charge on any atom is 0.335 e. The highest BCUT2D eigenvalue weighted by Gasteiger charge is 2.35. The molecule has 120 valence electrons. The highest BCUT2D eigenvalue weighted by molar-refractivity contribution is 5.85. The largest absolute Gasteiger partial charge is 0.497 e. The van der Waals surface area contributed by atoms with Gasteiger partial charge in [0.05, 0.1) is 34.5 Å². The van der Waals surface area contributed by atoms with Gasteiger partial charge >= 0.3 is 5.97 Å². The maximum atomic E-state index is 11.3. The van der Waals surface area contributed by atoms with E-state index in [1.54, 1.807) is 12.1 Å². The Labute approximate surface area is 128 Å². The summed E-state index contributed by atoms with van der Waals surface area (Å²) in [5.41, 5.74) is 0.442. The lowest BCUT2D eigenvalue weighted by Crippen LogP contribution is -2.22. The average molecular weight is 310 g/mol. The van der Waals surface area contributed by atoms with Crippen LogP contribution in [0, 0.1) is 0 Å². The number of cyclic esters (lactones) is 1. The molecule has 1 aliphatic heterocycles. The predicted molar refractivity (Wildman–Crippen MR) is 76.0 cm³/mol. The van der Waals surface area contributed by atoms with Crippen LogP contribution in [0.2, 0.25) is 0 Å². The van der Waals surface area contributed by atoms with E-state index in [2.05, 4.69) is 0 Å². The predicted octanol–water partition coefficient (Wildman–Crippen LogP) is 1.20. The number of aliphatic hydroxyl groups is 1. The number of methoxy groups -OCH3 is 4. The summed E-state index contributed by atoms with van der Waals surface area (Å²) in [5.74, 6) is 0.887. The lowest BCUT2D eigenvalue weighted by molar-refractivity contribution is -0.144. The van der Waals surface area contributed by atoms with Gasteiger partial charge in [-0.3, -0.25) is 0 Å². The number of carbonyl (C=O) groups is 1. The van der Waals surface area contributed by atoms with Crippen molar-refractivity contribution < 1.29 is 33.6 Å². The third-order valence-corrected chi connectivity index (χ3v) is 3.33. The van der Waals surface area contributed by atoms with Crippen LogP contribution in [0.15, 0.2) is 24.0 Å². The van der Waals surface area contributed by atoms with Crippen molar-refractivity contribution >= 4 is 5.97 Å². The fourth-order valence-corrected chi connectivity index (χ4v) is 2.26. The Kier molecular flexibility index (Phi) is 4.77. The second-order valence-corrected chi connectivity index (χ2v) is 4.51. The standard InChI is InChI=1S/C15H18O7/c1-18-9-5-8(6-10(19-2)14(9)21-4)13(17)15-11(20-3)7-12(16)22-15/h5-7,13,15,17H,1-4H3/t13-,15+/m0/s1. The summed E-state index contributed by atoms with van der Waals surface area (Å²) in [7, 11) is 5.84. The van der Waals surface area contributed by atoms with E-state index in [4.69, 9.17) is 23.7 Å². The van der Waals surface area contributed by atoms with Crippen LogP contribution in [0.4, 0.5) is 0 Å². The van der Waals surface area contributed by atoms with E-state index in [1.807, 2.05) is 0 Å². The molecule has 1 aromatic carbocycles. The van der Waals surface area contributed by atoms with Crippen LogP contribution in [0.3, 0.4) is 0 Å². The Morgan fingerprint density at radius 3 is 2.09 bits per heavy atom. The molecule has 1 heterocycles. The molecule has 1 N–H and O–H groups in total.